The maximum absolute atomic E-state index is 5.32. The number of aromatic nitrogens is 2. The van der Waals surface area contributed by atoms with E-state index in [1.54, 1.807) is 7.11 Å². The topological polar surface area (TPSA) is 18.0 Å². The summed E-state index contributed by atoms with van der Waals surface area (Å²) >= 11 is 0. The fourth-order valence-corrected chi connectivity index (χ4v) is 2.84. The summed E-state index contributed by atoms with van der Waals surface area (Å²) in [7, 11) is 1.71. The summed E-state index contributed by atoms with van der Waals surface area (Å²) in [5, 5.41) is 0. The minimum Gasteiger partial charge on any atom is -1.00 e. The Labute approximate surface area is 143 Å². The molecule has 0 bridgehead atoms. The third kappa shape index (κ3) is 3.85. The van der Waals surface area contributed by atoms with Gasteiger partial charge in [0.25, 0.3) is 0 Å². The predicted molar refractivity (Wildman–Crippen MR) is 89.1 cm³/mol. The number of halogens is 1. The number of benzene rings is 2. The number of methoxy groups -OCH3 is 1. The Hall–Kier alpha value is -2.00. The van der Waals surface area contributed by atoms with Crippen molar-refractivity contribution in [3.8, 4) is 5.75 Å². The van der Waals surface area contributed by atoms with Gasteiger partial charge in [-0.15, -0.1) is 0 Å². The minimum atomic E-state index is 0. The van der Waals surface area contributed by atoms with Crippen LogP contribution in [0.3, 0.4) is 0 Å². The number of unbranched alkanes of at least 4 members (excludes halogenated alkanes) is 1. The highest BCUT2D eigenvalue weighted by Gasteiger charge is 2.15. The van der Waals surface area contributed by atoms with Crippen molar-refractivity contribution < 1.29 is 21.7 Å². The normalized spacial score (nSPS) is 10.5. The number of imidazole rings is 1. The van der Waals surface area contributed by atoms with Crippen LogP contribution in [0.5, 0.6) is 5.75 Å². The lowest BCUT2D eigenvalue weighted by atomic mass is 10.2. The first-order valence-electron chi connectivity index (χ1n) is 7.92. The predicted octanol–water partition coefficient (Wildman–Crippen LogP) is 0.790. The van der Waals surface area contributed by atoms with Gasteiger partial charge in [0.05, 0.1) is 13.7 Å². The lowest BCUT2D eigenvalue weighted by Crippen LogP contribution is -3.00. The molecule has 0 aliphatic rings. The van der Waals surface area contributed by atoms with Gasteiger partial charge in [-0.2, -0.15) is 0 Å². The molecule has 0 amide bonds. The van der Waals surface area contributed by atoms with Crippen molar-refractivity contribution >= 4 is 11.0 Å². The SMILES string of the molecule is CCCCn1c[n+](Cc2cccc(OC)c2)c2ccccc21.[Cl-]. The van der Waals surface area contributed by atoms with Gasteiger partial charge in [0.15, 0.2) is 11.0 Å². The molecule has 0 aliphatic heterocycles. The second kappa shape index (κ2) is 8.02. The maximum Gasteiger partial charge on any atom is 0.245 e. The van der Waals surface area contributed by atoms with E-state index < -0.39 is 0 Å². The van der Waals surface area contributed by atoms with Gasteiger partial charge in [-0.05, 0) is 36.2 Å². The Morgan fingerprint density at radius 2 is 1.91 bits per heavy atom. The first-order valence-corrected chi connectivity index (χ1v) is 7.92. The van der Waals surface area contributed by atoms with Gasteiger partial charge in [-0.25, -0.2) is 9.13 Å². The summed E-state index contributed by atoms with van der Waals surface area (Å²) in [5.41, 5.74) is 3.84. The Bertz CT molecular complexity index is 767. The van der Waals surface area contributed by atoms with Crippen LogP contribution in [-0.2, 0) is 13.1 Å². The van der Waals surface area contributed by atoms with Crippen molar-refractivity contribution in [3.05, 3.63) is 60.4 Å². The van der Waals surface area contributed by atoms with Crippen LogP contribution in [-0.4, -0.2) is 11.7 Å². The molecule has 3 nitrogen and oxygen atoms in total. The van der Waals surface area contributed by atoms with E-state index in [1.165, 1.54) is 29.4 Å². The zero-order valence-electron chi connectivity index (χ0n) is 13.7. The van der Waals surface area contributed by atoms with Crippen LogP contribution in [0.4, 0.5) is 0 Å². The molecule has 0 radical (unpaired) electrons. The Morgan fingerprint density at radius 1 is 1.09 bits per heavy atom. The molecule has 1 aromatic heterocycles. The number of fused-ring (bicyclic) bond motifs is 1. The van der Waals surface area contributed by atoms with Crippen molar-refractivity contribution in [1.29, 1.82) is 0 Å². The van der Waals surface area contributed by atoms with Gasteiger partial charge in [0.2, 0.25) is 6.33 Å². The fourth-order valence-electron chi connectivity index (χ4n) is 2.84. The molecule has 3 aromatic rings. The van der Waals surface area contributed by atoms with E-state index in [4.69, 9.17) is 4.74 Å². The van der Waals surface area contributed by atoms with Gasteiger partial charge < -0.3 is 17.1 Å². The molecule has 0 fully saturated rings. The van der Waals surface area contributed by atoms with Gasteiger partial charge in [-0.3, -0.25) is 0 Å². The molecule has 0 N–H and O–H groups in total. The zero-order valence-corrected chi connectivity index (χ0v) is 14.5. The van der Waals surface area contributed by atoms with Crippen LogP contribution in [0.2, 0.25) is 0 Å². The second-order valence-electron chi connectivity index (χ2n) is 5.63. The molecule has 2 aromatic carbocycles. The molecule has 1 heterocycles. The van der Waals surface area contributed by atoms with E-state index in [1.807, 2.05) is 12.1 Å². The average molecular weight is 331 g/mol. The molecule has 0 atom stereocenters. The van der Waals surface area contributed by atoms with Crippen molar-refractivity contribution in [1.82, 2.24) is 4.57 Å². The third-order valence-corrected chi connectivity index (χ3v) is 4.02. The number of ether oxygens (including phenoxy) is 1. The van der Waals surface area contributed by atoms with Gasteiger partial charge >= 0.3 is 0 Å². The molecule has 0 saturated heterocycles. The molecule has 3 rings (SSSR count). The monoisotopic (exact) mass is 330 g/mol. The summed E-state index contributed by atoms with van der Waals surface area (Å²) in [5.74, 6) is 0.910. The Balaban J connectivity index is 0.00000192. The van der Waals surface area contributed by atoms with Crippen molar-refractivity contribution in [2.75, 3.05) is 7.11 Å². The fraction of sp³-hybridized carbons (Fsp3) is 0.316. The van der Waals surface area contributed by atoms with Crippen molar-refractivity contribution in [3.63, 3.8) is 0 Å². The largest absolute Gasteiger partial charge is 1.00 e. The van der Waals surface area contributed by atoms with E-state index in [0.29, 0.717) is 0 Å². The van der Waals surface area contributed by atoms with E-state index >= 15 is 0 Å². The summed E-state index contributed by atoms with van der Waals surface area (Å²) in [6.45, 7) is 4.16. The Kier molecular flexibility index (Phi) is 6.05. The molecule has 4 heteroatoms. The van der Waals surface area contributed by atoms with Crippen LogP contribution in [0.15, 0.2) is 54.9 Å². The van der Waals surface area contributed by atoms with Crippen LogP contribution in [0, 0.1) is 0 Å². The van der Waals surface area contributed by atoms with Gasteiger partial charge in [0, 0.05) is 0 Å². The third-order valence-electron chi connectivity index (χ3n) is 4.02. The highest BCUT2D eigenvalue weighted by Crippen LogP contribution is 2.15. The highest BCUT2D eigenvalue weighted by molar-refractivity contribution is 5.71. The lowest BCUT2D eigenvalue weighted by molar-refractivity contribution is -0.663. The smallest absolute Gasteiger partial charge is 0.245 e. The quantitative estimate of drug-likeness (QED) is 0.611. The van der Waals surface area contributed by atoms with Crippen LogP contribution >= 0.6 is 0 Å². The number of rotatable bonds is 6. The molecule has 0 aliphatic carbocycles. The first kappa shape index (κ1) is 17.4. The van der Waals surface area contributed by atoms with E-state index in [2.05, 4.69) is 58.8 Å². The number of para-hydroxylation sites is 2. The van der Waals surface area contributed by atoms with Crippen molar-refractivity contribution in [2.45, 2.75) is 32.9 Å². The summed E-state index contributed by atoms with van der Waals surface area (Å²) < 4.78 is 10.0. The van der Waals surface area contributed by atoms with E-state index in [0.717, 1.165) is 18.8 Å². The van der Waals surface area contributed by atoms with Gasteiger partial charge in [-0.1, -0.05) is 37.6 Å². The standard InChI is InChI=1S/C19H23N2O.ClH/c1-3-4-12-20-15-21(19-11-6-5-10-18(19)20)14-16-8-7-9-17(13-16)22-2;/h5-11,13,15H,3-4,12,14H2,1-2H3;1H/q+1;/p-1. The molecule has 122 valence electrons. The number of aryl methyl sites for hydroxylation is 1. The number of hydrogen-bond donors (Lipinski definition) is 0. The molecular formula is C19H23ClN2O. The highest BCUT2D eigenvalue weighted by atomic mass is 35.5. The summed E-state index contributed by atoms with van der Waals surface area (Å²) in [6.07, 6.45) is 4.65. The van der Waals surface area contributed by atoms with Crippen molar-refractivity contribution in [2.24, 2.45) is 0 Å². The molecule has 0 saturated carbocycles. The molecule has 0 unspecified atom stereocenters. The van der Waals surface area contributed by atoms with E-state index in [9.17, 15) is 0 Å². The zero-order chi connectivity index (χ0) is 15.4. The molecular weight excluding hydrogens is 308 g/mol. The van der Waals surface area contributed by atoms with Crippen LogP contribution in [0.25, 0.3) is 11.0 Å². The molecule has 23 heavy (non-hydrogen) atoms. The summed E-state index contributed by atoms with van der Waals surface area (Å²) in [4.78, 5) is 0. The maximum atomic E-state index is 5.32. The average Bonchev–Trinajstić information content (AvgIpc) is 2.91. The molecule has 0 spiro atoms. The minimum absolute atomic E-state index is 0. The van der Waals surface area contributed by atoms with E-state index in [-0.39, 0.29) is 12.4 Å². The number of hydrogen-bond acceptors (Lipinski definition) is 1. The number of nitrogens with zero attached hydrogens (tertiary/aromatic N) is 2. The summed E-state index contributed by atoms with van der Waals surface area (Å²) in [6, 6.07) is 16.9. The van der Waals surface area contributed by atoms with Crippen LogP contribution < -0.4 is 21.7 Å². The first-order chi connectivity index (χ1) is 10.8. The Morgan fingerprint density at radius 3 is 2.70 bits per heavy atom. The van der Waals surface area contributed by atoms with Crippen LogP contribution in [0.1, 0.15) is 25.3 Å². The second-order valence-corrected chi connectivity index (χ2v) is 5.63. The van der Waals surface area contributed by atoms with Gasteiger partial charge in [0.1, 0.15) is 12.3 Å². The lowest BCUT2D eigenvalue weighted by Gasteiger charge is -2.02.